The molecule has 34 heavy (non-hydrogen) atoms. The van der Waals surface area contributed by atoms with E-state index in [1.165, 1.54) is 17.0 Å². The molecular formula is C25H21Cl2N5OS. The minimum Gasteiger partial charge on any atom is -0.378 e. The second-order valence-corrected chi connectivity index (χ2v) is 9.28. The molecule has 0 bridgehead atoms. The lowest BCUT2D eigenvalue weighted by atomic mass is 10.2. The first kappa shape index (κ1) is 22.8. The molecule has 2 aromatic carbocycles. The van der Waals surface area contributed by atoms with Crippen LogP contribution < -0.4 is 9.70 Å². The van der Waals surface area contributed by atoms with E-state index in [-0.39, 0.29) is 0 Å². The first-order valence-corrected chi connectivity index (χ1v) is 12.4. The molecule has 1 aliphatic heterocycles. The summed E-state index contributed by atoms with van der Waals surface area (Å²) in [5.74, 6) is 0. The van der Waals surface area contributed by atoms with E-state index in [9.17, 15) is 0 Å². The predicted octanol–water partition coefficient (Wildman–Crippen LogP) is 5.87. The molecule has 2 aromatic heterocycles. The van der Waals surface area contributed by atoms with Gasteiger partial charge in [0.1, 0.15) is 0 Å². The van der Waals surface area contributed by atoms with E-state index in [2.05, 4.69) is 34.1 Å². The van der Waals surface area contributed by atoms with Crippen LogP contribution in [0.4, 0.5) is 11.4 Å². The number of rotatable bonds is 5. The molecule has 9 heteroatoms. The fraction of sp³-hybridized carbons (Fsp3) is 0.160. The van der Waals surface area contributed by atoms with E-state index >= 15 is 0 Å². The largest absolute Gasteiger partial charge is 0.378 e. The molecule has 0 spiro atoms. The molecule has 0 amide bonds. The van der Waals surface area contributed by atoms with Gasteiger partial charge >= 0.3 is 0 Å². The number of aromatic nitrogens is 2. The van der Waals surface area contributed by atoms with Crippen molar-refractivity contribution in [2.75, 3.05) is 31.2 Å². The van der Waals surface area contributed by atoms with E-state index < -0.39 is 0 Å². The lowest BCUT2D eigenvalue weighted by molar-refractivity contribution is 0.122. The van der Waals surface area contributed by atoms with Crippen molar-refractivity contribution in [2.45, 2.75) is 0 Å². The number of ether oxygens (including phenoxy) is 1. The highest BCUT2D eigenvalue weighted by Gasteiger charge is 2.13. The molecule has 4 aromatic rings. The minimum absolute atomic E-state index is 0.592. The molecular weight excluding hydrogens is 489 g/mol. The predicted molar refractivity (Wildman–Crippen MR) is 140 cm³/mol. The molecule has 5 rings (SSSR count). The van der Waals surface area contributed by atoms with Gasteiger partial charge < -0.3 is 9.64 Å². The van der Waals surface area contributed by atoms with Gasteiger partial charge in [-0.3, -0.25) is 4.98 Å². The second-order valence-electron chi connectivity index (χ2n) is 7.60. The number of morpholine rings is 1. The SMILES string of the molecule is Clc1ccc(Cl)c(-c2csc(=Nc3cccnc3)n2N=Cc2ccc(N3CCOCC3)cc2)c1. The summed E-state index contributed by atoms with van der Waals surface area (Å²) in [7, 11) is 0. The zero-order valence-corrected chi connectivity index (χ0v) is 20.5. The molecule has 6 nitrogen and oxygen atoms in total. The third kappa shape index (κ3) is 5.23. The van der Waals surface area contributed by atoms with Crippen molar-refractivity contribution in [1.82, 2.24) is 9.66 Å². The van der Waals surface area contributed by atoms with Crippen LogP contribution >= 0.6 is 34.5 Å². The summed E-state index contributed by atoms with van der Waals surface area (Å²) in [6, 6.07) is 17.5. The Kier molecular flexibility index (Phi) is 7.06. The molecule has 0 unspecified atom stereocenters. The Balaban J connectivity index is 1.52. The molecule has 1 aliphatic rings. The first-order chi connectivity index (χ1) is 16.7. The maximum absolute atomic E-state index is 6.51. The van der Waals surface area contributed by atoms with E-state index in [0.717, 1.165) is 48.8 Å². The second kappa shape index (κ2) is 10.5. The number of hydrogen-bond donors (Lipinski definition) is 0. The smallest absolute Gasteiger partial charge is 0.211 e. The highest BCUT2D eigenvalue weighted by Crippen LogP contribution is 2.31. The fourth-order valence-electron chi connectivity index (χ4n) is 3.62. The van der Waals surface area contributed by atoms with Gasteiger partial charge in [0.05, 0.1) is 42.0 Å². The summed E-state index contributed by atoms with van der Waals surface area (Å²) in [6.45, 7) is 3.33. The van der Waals surface area contributed by atoms with Gasteiger partial charge in [-0.25, -0.2) is 9.67 Å². The molecule has 1 fully saturated rings. The van der Waals surface area contributed by atoms with Crippen LogP contribution in [0, 0.1) is 0 Å². The van der Waals surface area contributed by atoms with Crippen LogP contribution in [0.2, 0.25) is 10.0 Å². The summed E-state index contributed by atoms with van der Waals surface area (Å²) in [5.41, 5.74) is 4.50. The van der Waals surface area contributed by atoms with Crippen molar-refractivity contribution >= 4 is 52.1 Å². The van der Waals surface area contributed by atoms with Gasteiger partial charge in [0, 0.05) is 40.9 Å². The van der Waals surface area contributed by atoms with Crippen molar-refractivity contribution in [3.8, 4) is 11.3 Å². The fourth-order valence-corrected chi connectivity index (χ4v) is 4.85. The molecule has 0 radical (unpaired) electrons. The van der Waals surface area contributed by atoms with Crippen molar-refractivity contribution < 1.29 is 4.74 Å². The van der Waals surface area contributed by atoms with Crippen molar-refractivity contribution in [3.05, 3.63) is 92.8 Å². The highest BCUT2D eigenvalue weighted by molar-refractivity contribution is 7.07. The van der Waals surface area contributed by atoms with Gasteiger partial charge in [0.2, 0.25) is 4.80 Å². The summed E-state index contributed by atoms with van der Waals surface area (Å²) in [5, 5.41) is 7.95. The van der Waals surface area contributed by atoms with E-state index in [1.807, 2.05) is 29.8 Å². The number of pyridine rings is 1. The molecule has 0 N–H and O–H groups in total. The monoisotopic (exact) mass is 509 g/mol. The summed E-state index contributed by atoms with van der Waals surface area (Å²) in [4.78, 5) is 11.9. The molecule has 1 saturated heterocycles. The number of benzene rings is 2. The Morgan fingerprint density at radius 1 is 1.03 bits per heavy atom. The third-order valence-electron chi connectivity index (χ3n) is 5.35. The number of hydrogen-bond acceptors (Lipinski definition) is 6. The van der Waals surface area contributed by atoms with Crippen LogP contribution in [-0.2, 0) is 4.74 Å². The van der Waals surface area contributed by atoms with Crippen molar-refractivity contribution in [3.63, 3.8) is 0 Å². The van der Waals surface area contributed by atoms with Crippen LogP contribution in [0.3, 0.4) is 0 Å². The maximum Gasteiger partial charge on any atom is 0.211 e. The normalized spacial score (nSPS) is 14.8. The summed E-state index contributed by atoms with van der Waals surface area (Å²) >= 11 is 14.2. The number of nitrogens with zero attached hydrogens (tertiary/aromatic N) is 5. The molecule has 3 heterocycles. The van der Waals surface area contributed by atoms with E-state index in [0.29, 0.717) is 14.8 Å². The first-order valence-electron chi connectivity index (χ1n) is 10.8. The van der Waals surface area contributed by atoms with Gasteiger partial charge in [0.25, 0.3) is 0 Å². The molecule has 172 valence electrons. The zero-order valence-electron chi connectivity index (χ0n) is 18.1. The zero-order chi connectivity index (χ0) is 23.3. The Morgan fingerprint density at radius 2 is 1.85 bits per heavy atom. The van der Waals surface area contributed by atoms with E-state index in [4.69, 9.17) is 38.0 Å². The Labute approximate surface area is 211 Å². The lowest BCUT2D eigenvalue weighted by Gasteiger charge is -2.28. The van der Waals surface area contributed by atoms with Gasteiger partial charge in [0.15, 0.2) is 0 Å². The number of halogens is 2. The van der Waals surface area contributed by atoms with Crippen LogP contribution in [0.1, 0.15) is 5.56 Å². The standard InChI is InChI=1S/C25H21Cl2N5OS/c26-19-5-8-23(27)22(14-19)24-17-34-25(30-20-2-1-9-28-16-20)32(24)29-15-18-3-6-21(7-4-18)31-10-12-33-13-11-31/h1-9,14-17H,10-13H2. The van der Waals surface area contributed by atoms with Gasteiger partial charge in [-0.2, -0.15) is 5.10 Å². The highest BCUT2D eigenvalue weighted by atomic mass is 35.5. The van der Waals surface area contributed by atoms with Crippen molar-refractivity contribution in [2.24, 2.45) is 10.1 Å². The molecule has 0 saturated carbocycles. The molecule has 0 aliphatic carbocycles. The Bertz CT molecular complexity index is 1360. The topological polar surface area (TPSA) is 55.0 Å². The van der Waals surface area contributed by atoms with Gasteiger partial charge in [-0.05, 0) is 48.0 Å². The van der Waals surface area contributed by atoms with Crippen LogP contribution in [0.5, 0.6) is 0 Å². The summed E-state index contributed by atoms with van der Waals surface area (Å²) in [6.07, 6.45) is 5.25. The number of anilines is 1. The molecule has 0 atom stereocenters. The quantitative estimate of drug-likeness (QED) is 0.316. The summed E-state index contributed by atoms with van der Waals surface area (Å²) < 4.78 is 7.23. The van der Waals surface area contributed by atoms with Crippen LogP contribution in [-0.4, -0.2) is 42.2 Å². The van der Waals surface area contributed by atoms with E-state index in [1.54, 1.807) is 29.2 Å². The van der Waals surface area contributed by atoms with Crippen LogP contribution in [0.25, 0.3) is 11.3 Å². The Hall–Kier alpha value is -2.97. The lowest BCUT2D eigenvalue weighted by Crippen LogP contribution is -2.36. The van der Waals surface area contributed by atoms with Crippen molar-refractivity contribution in [1.29, 1.82) is 0 Å². The Morgan fingerprint density at radius 3 is 2.62 bits per heavy atom. The number of thiazole rings is 1. The maximum atomic E-state index is 6.51. The van der Waals surface area contributed by atoms with Gasteiger partial charge in [-0.15, -0.1) is 11.3 Å². The average Bonchev–Trinajstić information content (AvgIpc) is 3.27. The minimum atomic E-state index is 0.592. The van der Waals surface area contributed by atoms with Crippen LogP contribution in [0.15, 0.2) is 82.5 Å². The third-order valence-corrected chi connectivity index (χ3v) is 6.73. The van der Waals surface area contributed by atoms with Gasteiger partial charge in [-0.1, -0.05) is 35.3 Å². The average molecular weight is 510 g/mol.